The van der Waals surface area contributed by atoms with Gasteiger partial charge in [0.1, 0.15) is 11.5 Å². The van der Waals surface area contributed by atoms with E-state index in [9.17, 15) is 4.79 Å². The number of amides is 1. The topological polar surface area (TPSA) is 42.0 Å². The molecule has 0 radical (unpaired) electrons. The average molecular weight is 326 g/mol. The SMILES string of the molecule is COc1cccc(C(=O)N2CCN(c3ccccc3OC)CC2)c1. The maximum Gasteiger partial charge on any atom is 0.254 e. The first-order chi connectivity index (χ1) is 11.7. The molecule has 5 nitrogen and oxygen atoms in total. The molecule has 0 unspecified atom stereocenters. The molecule has 1 amide bonds. The van der Waals surface area contributed by atoms with Gasteiger partial charge in [0.2, 0.25) is 0 Å². The molecule has 0 bridgehead atoms. The Morgan fingerprint density at radius 3 is 2.38 bits per heavy atom. The molecule has 5 heteroatoms. The molecular weight excluding hydrogens is 304 g/mol. The summed E-state index contributed by atoms with van der Waals surface area (Å²) in [5.41, 5.74) is 1.74. The Morgan fingerprint density at radius 2 is 1.67 bits per heavy atom. The highest BCUT2D eigenvalue weighted by molar-refractivity contribution is 5.94. The highest BCUT2D eigenvalue weighted by atomic mass is 16.5. The first-order valence-electron chi connectivity index (χ1n) is 8.04. The smallest absolute Gasteiger partial charge is 0.254 e. The van der Waals surface area contributed by atoms with E-state index in [1.54, 1.807) is 20.3 Å². The number of anilines is 1. The maximum atomic E-state index is 12.7. The van der Waals surface area contributed by atoms with Crippen molar-refractivity contribution in [2.45, 2.75) is 0 Å². The number of rotatable bonds is 4. The van der Waals surface area contributed by atoms with Crippen molar-refractivity contribution in [2.75, 3.05) is 45.3 Å². The van der Waals surface area contributed by atoms with Crippen LogP contribution in [0.2, 0.25) is 0 Å². The molecule has 0 spiro atoms. The second-order valence-electron chi connectivity index (χ2n) is 5.68. The fraction of sp³-hybridized carbons (Fsp3) is 0.316. The van der Waals surface area contributed by atoms with Crippen LogP contribution in [0.15, 0.2) is 48.5 Å². The van der Waals surface area contributed by atoms with Crippen LogP contribution >= 0.6 is 0 Å². The molecule has 24 heavy (non-hydrogen) atoms. The third kappa shape index (κ3) is 3.30. The summed E-state index contributed by atoms with van der Waals surface area (Å²) in [6.07, 6.45) is 0. The van der Waals surface area contributed by atoms with Gasteiger partial charge >= 0.3 is 0 Å². The molecule has 1 fully saturated rings. The second kappa shape index (κ2) is 7.25. The Bertz CT molecular complexity index is 709. The van der Waals surface area contributed by atoms with E-state index in [4.69, 9.17) is 9.47 Å². The van der Waals surface area contributed by atoms with Gasteiger partial charge in [0.25, 0.3) is 5.91 Å². The minimum Gasteiger partial charge on any atom is -0.497 e. The number of carbonyl (C=O) groups is 1. The van der Waals surface area contributed by atoms with Crippen molar-refractivity contribution in [1.29, 1.82) is 0 Å². The summed E-state index contributed by atoms with van der Waals surface area (Å²) < 4.78 is 10.6. The minimum atomic E-state index is 0.0496. The van der Waals surface area contributed by atoms with Gasteiger partial charge in [0, 0.05) is 31.7 Å². The van der Waals surface area contributed by atoms with Crippen LogP contribution in [0.25, 0.3) is 0 Å². The number of piperazine rings is 1. The van der Waals surface area contributed by atoms with E-state index in [-0.39, 0.29) is 5.91 Å². The van der Waals surface area contributed by atoms with Crippen molar-refractivity contribution in [3.8, 4) is 11.5 Å². The highest BCUT2D eigenvalue weighted by Gasteiger charge is 2.23. The summed E-state index contributed by atoms with van der Waals surface area (Å²) in [6.45, 7) is 2.95. The van der Waals surface area contributed by atoms with Crippen molar-refractivity contribution >= 4 is 11.6 Å². The summed E-state index contributed by atoms with van der Waals surface area (Å²) in [4.78, 5) is 16.8. The number of para-hydroxylation sites is 2. The Balaban J connectivity index is 1.67. The van der Waals surface area contributed by atoms with E-state index < -0.39 is 0 Å². The van der Waals surface area contributed by atoms with E-state index in [1.807, 2.05) is 41.3 Å². The van der Waals surface area contributed by atoms with Crippen LogP contribution in [0.5, 0.6) is 11.5 Å². The number of methoxy groups -OCH3 is 2. The lowest BCUT2D eigenvalue weighted by atomic mass is 10.1. The molecule has 0 aliphatic carbocycles. The normalized spacial score (nSPS) is 14.4. The van der Waals surface area contributed by atoms with Gasteiger partial charge < -0.3 is 19.3 Å². The molecular formula is C19H22N2O3. The van der Waals surface area contributed by atoms with Crippen molar-refractivity contribution in [3.63, 3.8) is 0 Å². The lowest BCUT2D eigenvalue weighted by molar-refractivity contribution is 0.0746. The first-order valence-corrected chi connectivity index (χ1v) is 8.04. The van der Waals surface area contributed by atoms with Gasteiger partial charge in [-0.25, -0.2) is 0 Å². The summed E-state index contributed by atoms with van der Waals surface area (Å²) in [5, 5.41) is 0. The summed E-state index contributed by atoms with van der Waals surface area (Å²) in [6, 6.07) is 15.3. The van der Waals surface area contributed by atoms with Gasteiger partial charge in [-0.2, -0.15) is 0 Å². The van der Waals surface area contributed by atoms with Crippen molar-refractivity contribution in [1.82, 2.24) is 4.90 Å². The Labute approximate surface area is 142 Å². The summed E-state index contributed by atoms with van der Waals surface area (Å²) in [7, 11) is 3.29. The van der Waals surface area contributed by atoms with Crippen molar-refractivity contribution in [3.05, 3.63) is 54.1 Å². The van der Waals surface area contributed by atoms with E-state index in [0.717, 1.165) is 24.5 Å². The van der Waals surface area contributed by atoms with E-state index >= 15 is 0 Å². The van der Waals surface area contributed by atoms with Crippen LogP contribution in [0.1, 0.15) is 10.4 Å². The fourth-order valence-corrected chi connectivity index (χ4v) is 2.98. The molecule has 1 aliphatic heterocycles. The van der Waals surface area contributed by atoms with Gasteiger partial charge in [0.05, 0.1) is 19.9 Å². The number of hydrogen-bond donors (Lipinski definition) is 0. The molecule has 1 heterocycles. The molecule has 1 saturated heterocycles. The molecule has 1 aliphatic rings. The lowest BCUT2D eigenvalue weighted by Crippen LogP contribution is -2.48. The first kappa shape index (κ1) is 16.2. The second-order valence-corrected chi connectivity index (χ2v) is 5.68. The maximum absolute atomic E-state index is 12.7. The zero-order valence-corrected chi connectivity index (χ0v) is 14.1. The molecule has 2 aromatic rings. The number of benzene rings is 2. The minimum absolute atomic E-state index is 0.0496. The molecule has 126 valence electrons. The zero-order chi connectivity index (χ0) is 16.9. The fourth-order valence-electron chi connectivity index (χ4n) is 2.98. The standard InChI is InChI=1S/C19H22N2O3/c1-23-16-7-5-6-15(14-16)19(22)21-12-10-20(11-13-21)17-8-3-4-9-18(17)24-2/h3-9,14H,10-13H2,1-2H3. The van der Waals surface area contributed by atoms with Crippen LogP contribution in [-0.4, -0.2) is 51.2 Å². The lowest BCUT2D eigenvalue weighted by Gasteiger charge is -2.36. The third-order valence-electron chi connectivity index (χ3n) is 4.31. The Morgan fingerprint density at radius 1 is 0.917 bits per heavy atom. The van der Waals surface area contributed by atoms with Gasteiger partial charge in [-0.1, -0.05) is 18.2 Å². The molecule has 0 atom stereocenters. The van der Waals surface area contributed by atoms with E-state index in [1.165, 1.54) is 0 Å². The molecule has 3 rings (SSSR count). The zero-order valence-electron chi connectivity index (χ0n) is 14.1. The van der Waals surface area contributed by atoms with Gasteiger partial charge in [0.15, 0.2) is 0 Å². The Kier molecular flexibility index (Phi) is 4.89. The van der Waals surface area contributed by atoms with E-state index in [2.05, 4.69) is 11.0 Å². The van der Waals surface area contributed by atoms with E-state index in [0.29, 0.717) is 24.4 Å². The Hall–Kier alpha value is -2.69. The van der Waals surface area contributed by atoms with Gasteiger partial charge in [-0.05, 0) is 30.3 Å². The van der Waals surface area contributed by atoms with Crippen molar-refractivity contribution in [2.24, 2.45) is 0 Å². The number of nitrogens with zero attached hydrogens (tertiary/aromatic N) is 2. The van der Waals surface area contributed by atoms with Gasteiger partial charge in [-0.3, -0.25) is 4.79 Å². The molecule has 0 aromatic heterocycles. The monoisotopic (exact) mass is 326 g/mol. The number of ether oxygens (including phenoxy) is 2. The summed E-state index contributed by atoms with van der Waals surface area (Å²) in [5.74, 6) is 1.62. The average Bonchev–Trinajstić information content (AvgIpc) is 2.67. The van der Waals surface area contributed by atoms with Crippen molar-refractivity contribution < 1.29 is 14.3 Å². The quantitative estimate of drug-likeness (QED) is 0.866. The number of carbonyl (C=O) groups excluding carboxylic acids is 1. The van der Waals surface area contributed by atoms with Crippen LogP contribution in [0.3, 0.4) is 0 Å². The molecule has 2 aromatic carbocycles. The van der Waals surface area contributed by atoms with Gasteiger partial charge in [-0.15, -0.1) is 0 Å². The van der Waals surface area contributed by atoms with Crippen LogP contribution in [0, 0.1) is 0 Å². The predicted octanol–water partition coefficient (Wildman–Crippen LogP) is 2.67. The number of hydrogen-bond acceptors (Lipinski definition) is 4. The molecule has 0 saturated carbocycles. The van der Waals surface area contributed by atoms with Crippen LogP contribution in [-0.2, 0) is 0 Å². The largest absolute Gasteiger partial charge is 0.497 e. The predicted molar refractivity (Wildman–Crippen MR) is 94.1 cm³/mol. The summed E-state index contributed by atoms with van der Waals surface area (Å²) >= 11 is 0. The molecule has 0 N–H and O–H groups in total. The highest BCUT2D eigenvalue weighted by Crippen LogP contribution is 2.28. The van der Waals surface area contributed by atoms with Crippen LogP contribution in [0.4, 0.5) is 5.69 Å². The van der Waals surface area contributed by atoms with Crippen LogP contribution < -0.4 is 14.4 Å². The third-order valence-corrected chi connectivity index (χ3v) is 4.31.